The van der Waals surface area contributed by atoms with Crippen LogP contribution in [0.4, 0.5) is 10.2 Å². The number of piperidine rings is 1. The number of hydrogen-bond donors (Lipinski definition) is 0. The molecule has 1 atom stereocenters. The van der Waals surface area contributed by atoms with Crippen molar-refractivity contribution in [2.75, 3.05) is 25.1 Å². The molecule has 0 spiro atoms. The van der Waals surface area contributed by atoms with E-state index in [1.54, 1.807) is 6.07 Å². The smallest absolute Gasteiger partial charge is 0.167 e. The predicted molar refractivity (Wildman–Crippen MR) is 76.7 cm³/mol. The van der Waals surface area contributed by atoms with Gasteiger partial charge in [0.05, 0.1) is 12.6 Å². The highest BCUT2D eigenvalue weighted by Crippen LogP contribution is 2.31. The van der Waals surface area contributed by atoms with Gasteiger partial charge in [0.25, 0.3) is 0 Å². The molecule has 3 rings (SSSR count). The highest BCUT2D eigenvalue weighted by molar-refractivity contribution is 5.90. The van der Waals surface area contributed by atoms with Crippen molar-refractivity contribution in [2.24, 2.45) is 5.92 Å². The molecular weight excluding hydrogens is 257 g/mol. The first-order valence-corrected chi connectivity index (χ1v) is 6.92. The van der Waals surface area contributed by atoms with Crippen molar-refractivity contribution >= 4 is 16.7 Å². The standard InChI is InChI=1S/C15H18FN3O/c1-10-4-3-5-19(8-10)15-11-6-14(20-2)12(16)7-13(11)17-9-18-15/h6-7,9-10H,3-5,8H2,1-2H3. The molecule has 2 heterocycles. The molecule has 1 fully saturated rings. The summed E-state index contributed by atoms with van der Waals surface area (Å²) in [6.45, 7) is 4.21. The highest BCUT2D eigenvalue weighted by atomic mass is 19.1. The lowest BCUT2D eigenvalue weighted by atomic mass is 10.00. The van der Waals surface area contributed by atoms with Gasteiger partial charge in [-0.3, -0.25) is 0 Å². The van der Waals surface area contributed by atoms with Gasteiger partial charge in [0.2, 0.25) is 0 Å². The topological polar surface area (TPSA) is 38.2 Å². The minimum Gasteiger partial charge on any atom is -0.494 e. The van der Waals surface area contributed by atoms with E-state index in [0.29, 0.717) is 11.4 Å². The van der Waals surface area contributed by atoms with Crippen LogP contribution in [0.25, 0.3) is 10.9 Å². The third-order valence-electron chi connectivity index (χ3n) is 3.84. The molecule has 1 aliphatic rings. The third-order valence-corrected chi connectivity index (χ3v) is 3.84. The molecule has 2 aromatic rings. The van der Waals surface area contributed by atoms with E-state index in [4.69, 9.17) is 4.74 Å². The minimum atomic E-state index is -0.392. The maximum Gasteiger partial charge on any atom is 0.167 e. The molecule has 5 heteroatoms. The molecule has 0 saturated carbocycles. The van der Waals surface area contributed by atoms with Gasteiger partial charge >= 0.3 is 0 Å². The van der Waals surface area contributed by atoms with Gasteiger partial charge in [-0.2, -0.15) is 0 Å². The van der Waals surface area contributed by atoms with Gasteiger partial charge in [-0.1, -0.05) is 6.92 Å². The summed E-state index contributed by atoms with van der Waals surface area (Å²) < 4.78 is 18.8. The van der Waals surface area contributed by atoms with E-state index in [1.165, 1.54) is 25.9 Å². The summed E-state index contributed by atoms with van der Waals surface area (Å²) in [5, 5.41) is 0.847. The van der Waals surface area contributed by atoms with E-state index < -0.39 is 5.82 Å². The van der Waals surface area contributed by atoms with Crippen LogP contribution in [0.2, 0.25) is 0 Å². The Morgan fingerprint density at radius 1 is 1.35 bits per heavy atom. The molecule has 106 valence electrons. The van der Waals surface area contributed by atoms with Crippen LogP contribution in [0.15, 0.2) is 18.5 Å². The Labute approximate surface area is 117 Å². The van der Waals surface area contributed by atoms with Crippen molar-refractivity contribution in [3.63, 3.8) is 0 Å². The van der Waals surface area contributed by atoms with Crippen molar-refractivity contribution in [2.45, 2.75) is 19.8 Å². The summed E-state index contributed by atoms with van der Waals surface area (Å²) in [6.07, 6.45) is 3.91. The highest BCUT2D eigenvalue weighted by Gasteiger charge is 2.20. The van der Waals surface area contributed by atoms with Crippen LogP contribution in [0.5, 0.6) is 5.75 Å². The maximum absolute atomic E-state index is 13.8. The molecule has 0 amide bonds. The fraction of sp³-hybridized carbons (Fsp3) is 0.467. The lowest BCUT2D eigenvalue weighted by Gasteiger charge is -2.32. The molecule has 20 heavy (non-hydrogen) atoms. The number of hydrogen-bond acceptors (Lipinski definition) is 4. The number of rotatable bonds is 2. The Bertz CT molecular complexity index is 632. The Morgan fingerprint density at radius 3 is 2.95 bits per heavy atom. The SMILES string of the molecule is COc1cc2c(N3CCCC(C)C3)ncnc2cc1F. The van der Waals surface area contributed by atoms with Crippen molar-refractivity contribution in [1.82, 2.24) is 9.97 Å². The van der Waals surface area contributed by atoms with E-state index in [1.807, 2.05) is 0 Å². The summed E-state index contributed by atoms with van der Waals surface area (Å²) in [5.74, 6) is 1.37. The fourth-order valence-corrected chi connectivity index (χ4v) is 2.83. The van der Waals surface area contributed by atoms with Gasteiger partial charge in [-0.25, -0.2) is 14.4 Å². The second-order valence-corrected chi connectivity index (χ2v) is 5.39. The van der Waals surface area contributed by atoms with Gasteiger partial charge < -0.3 is 9.64 Å². The monoisotopic (exact) mass is 275 g/mol. The molecule has 0 bridgehead atoms. The van der Waals surface area contributed by atoms with Gasteiger partial charge in [0, 0.05) is 24.5 Å². The number of anilines is 1. The zero-order valence-electron chi connectivity index (χ0n) is 11.8. The Morgan fingerprint density at radius 2 is 2.20 bits per heavy atom. The number of nitrogens with zero attached hydrogens (tertiary/aromatic N) is 3. The van der Waals surface area contributed by atoms with Crippen LogP contribution in [0.3, 0.4) is 0 Å². The Hall–Kier alpha value is -1.91. The predicted octanol–water partition coefficient (Wildman–Crippen LogP) is 3.01. The van der Waals surface area contributed by atoms with E-state index in [-0.39, 0.29) is 5.75 Å². The average molecular weight is 275 g/mol. The number of benzene rings is 1. The zero-order valence-corrected chi connectivity index (χ0v) is 11.8. The van der Waals surface area contributed by atoms with E-state index in [0.717, 1.165) is 30.7 Å². The number of methoxy groups -OCH3 is 1. The molecular formula is C15H18FN3O. The molecule has 1 aliphatic heterocycles. The van der Waals surface area contributed by atoms with Crippen LogP contribution >= 0.6 is 0 Å². The van der Waals surface area contributed by atoms with Crippen LogP contribution in [-0.4, -0.2) is 30.2 Å². The van der Waals surface area contributed by atoms with Crippen molar-refractivity contribution in [3.8, 4) is 5.75 Å². The molecule has 1 aromatic heterocycles. The number of ether oxygens (including phenoxy) is 1. The maximum atomic E-state index is 13.8. The van der Waals surface area contributed by atoms with Crippen LogP contribution in [0.1, 0.15) is 19.8 Å². The summed E-state index contributed by atoms with van der Waals surface area (Å²) >= 11 is 0. The summed E-state index contributed by atoms with van der Waals surface area (Å²) in [5.41, 5.74) is 0.617. The second-order valence-electron chi connectivity index (χ2n) is 5.39. The first kappa shape index (κ1) is 13.1. The number of halogens is 1. The molecule has 1 aromatic carbocycles. The molecule has 0 aliphatic carbocycles. The Kier molecular flexibility index (Phi) is 3.42. The molecule has 4 nitrogen and oxygen atoms in total. The lowest BCUT2D eigenvalue weighted by molar-refractivity contribution is 0.387. The minimum absolute atomic E-state index is 0.235. The lowest BCUT2D eigenvalue weighted by Crippen LogP contribution is -2.35. The van der Waals surface area contributed by atoms with Crippen LogP contribution in [-0.2, 0) is 0 Å². The number of aromatic nitrogens is 2. The number of fused-ring (bicyclic) bond motifs is 1. The van der Waals surface area contributed by atoms with Gasteiger partial charge in [-0.15, -0.1) is 0 Å². The zero-order chi connectivity index (χ0) is 14.1. The second kappa shape index (κ2) is 5.23. The van der Waals surface area contributed by atoms with Gasteiger partial charge in [-0.05, 0) is 24.8 Å². The van der Waals surface area contributed by atoms with E-state index >= 15 is 0 Å². The third kappa shape index (κ3) is 2.28. The van der Waals surface area contributed by atoms with E-state index in [2.05, 4.69) is 21.8 Å². The largest absolute Gasteiger partial charge is 0.494 e. The van der Waals surface area contributed by atoms with E-state index in [9.17, 15) is 4.39 Å². The fourth-order valence-electron chi connectivity index (χ4n) is 2.83. The summed E-state index contributed by atoms with van der Waals surface area (Å²) in [4.78, 5) is 10.8. The molecule has 0 N–H and O–H groups in total. The molecule has 1 saturated heterocycles. The summed E-state index contributed by atoms with van der Waals surface area (Å²) in [6, 6.07) is 3.10. The van der Waals surface area contributed by atoms with Gasteiger partial charge in [0.1, 0.15) is 12.1 Å². The van der Waals surface area contributed by atoms with Gasteiger partial charge in [0.15, 0.2) is 11.6 Å². The Balaban J connectivity index is 2.10. The molecule has 0 radical (unpaired) electrons. The van der Waals surface area contributed by atoms with Crippen LogP contribution < -0.4 is 9.64 Å². The first-order chi connectivity index (χ1) is 9.69. The normalized spacial score (nSPS) is 19.4. The van der Waals surface area contributed by atoms with Crippen LogP contribution in [0, 0.1) is 11.7 Å². The van der Waals surface area contributed by atoms with Crippen molar-refractivity contribution < 1.29 is 9.13 Å². The first-order valence-electron chi connectivity index (χ1n) is 6.92. The average Bonchev–Trinajstić information content (AvgIpc) is 2.45. The van der Waals surface area contributed by atoms with Crippen molar-refractivity contribution in [3.05, 3.63) is 24.3 Å². The quantitative estimate of drug-likeness (QED) is 0.844. The van der Waals surface area contributed by atoms with Crippen molar-refractivity contribution in [1.29, 1.82) is 0 Å². The molecule has 1 unspecified atom stereocenters. The summed E-state index contributed by atoms with van der Waals surface area (Å²) in [7, 11) is 1.47.